The molecule has 0 radical (unpaired) electrons. The van der Waals surface area contributed by atoms with Gasteiger partial charge in [-0.3, -0.25) is 5.43 Å². The molecule has 0 fully saturated rings. The first-order valence-electron chi connectivity index (χ1n) is 6.87. The summed E-state index contributed by atoms with van der Waals surface area (Å²) in [6, 6.07) is 12.9. The number of hydrogen-bond acceptors (Lipinski definition) is 3. The molecule has 0 saturated carbocycles. The highest BCUT2D eigenvalue weighted by Crippen LogP contribution is 2.27. The Bertz CT molecular complexity index is 706. The van der Waals surface area contributed by atoms with E-state index in [0.29, 0.717) is 16.6 Å². The Balaban J connectivity index is 1.61. The molecule has 1 aliphatic heterocycles. The lowest BCUT2D eigenvalue weighted by Gasteiger charge is -2.28. The third-order valence-corrected chi connectivity index (χ3v) is 4.01. The molecule has 2 aromatic carbocycles. The van der Waals surface area contributed by atoms with Crippen molar-refractivity contribution in [3.8, 4) is 5.75 Å². The van der Waals surface area contributed by atoms with Gasteiger partial charge in [-0.25, -0.2) is 9.80 Å². The average Bonchev–Trinajstić information content (AvgIpc) is 2.50. The molecule has 0 bridgehead atoms. The molecule has 0 spiro atoms. The fraction of sp³-hybridized carbons (Fsp3) is 0.188. The van der Waals surface area contributed by atoms with Crippen molar-refractivity contribution in [2.24, 2.45) is 0 Å². The van der Waals surface area contributed by atoms with Crippen molar-refractivity contribution < 1.29 is 9.53 Å². The van der Waals surface area contributed by atoms with Crippen molar-refractivity contribution in [2.45, 2.75) is 13.0 Å². The Morgan fingerprint density at radius 2 is 1.91 bits per heavy atom. The molecule has 0 unspecified atom stereocenters. The van der Waals surface area contributed by atoms with Gasteiger partial charge in [0.15, 0.2) is 5.75 Å². The van der Waals surface area contributed by atoms with Gasteiger partial charge in [0, 0.05) is 18.1 Å². The number of nitrogens with one attached hydrogen (secondary N) is 1. The largest absolute Gasteiger partial charge is 0.427 e. The second-order valence-electron chi connectivity index (χ2n) is 5.02. The average molecular weight is 337 g/mol. The van der Waals surface area contributed by atoms with E-state index in [1.165, 1.54) is 17.2 Å². The van der Waals surface area contributed by atoms with Gasteiger partial charge in [-0.05, 0) is 35.7 Å². The number of ether oxygens (including phenoxy) is 1. The summed E-state index contributed by atoms with van der Waals surface area (Å²) in [4.78, 5) is 12.0. The Kier molecular flexibility index (Phi) is 4.52. The molecule has 22 heavy (non-hydrogen) atoms. The highest BCUT2D eigenvalue weighted by Gasteiger charge is 2.18. The second kappa shape index (κ2) is 6.57. The van der Waals surface area contributed by atoms with Gasteiger partial charge in [0.05, 0.1) is 5.02 Å². The lowest BCUT2D eigenvalue weighted by molar-refractivity contribution is 0.135. The van der Waals surface area contributed by atoms with E-state index in [2.05, 4.69) is 17.6 Å². The standard InChI is InChI=1S/C16H14Cl2N2O2/c17-13-5-6-15(14(18)9-13)22-16(21)19-20-8-7-11-3-1-2-4-12(11)10-20/h1-6,9H,7-8,10H2,(H,19,21). The van der Waals surface area contributed by atoms with E-state index in [1.807, 2.05) is 17.1 Å². The summed E-state index contributed by atoms with van der Waals surface area (Å²) in [6.07, 6.45) is 0.321. The van der Waals surface area contributed by atoms with Crippen LogP contribution in [0.3, 0.4) is 0 Å². The van der Waals surface area contributed by atoms with E-state index in [9.17, 15) is 4.79 Å². The molecule has 6 heteroatoms. The first-order chi connectivity index (χ1) is 10.6. The predicted octanol–water partition coefficient (Wildman–Crippen LogP) is 4.06. The highest BCUT2D eigenvalue weighted by atomic mass is 35.5. The minimum Gasteiger partial charge on any atom is -0.408 e. The maximum Gasteiger partial charge on any atom is 0.427 e. The second-order valence-corrected chi connectivity index (χ2v) is 5.86. The molecule has 3 rings (SSSR count). The molecule has 0 saturated heterocycles. The molecular formula is C16H14Cl2N2O2. The maximum atomic E-state index is 12.0. The number of fused-ring (bicyclic) bond motifs is 1. The summed E-state index contributed by atoms with van der Waals surface area (Å²) in [7, 11) is 0. The van der Waals surface area contributed by atoms with Crippen LogP contribution in [0, 0.1) is 0 Å². The lowest BCUT2D eigenvalue weighted by atomic mass is 10.0. The van der Waals surface area contributed by atoms with Crippen molar-refractivity contribution >= 4 is 29.3 Å². The van der Waals surface area contributed by atoms with Crippen LogP contribution in [0.2, 0.25) is 10.0 Å². The summed E-state index contributed by atoms with van der Waals surface area (Å²) in [5, 5.41) is 2.62. The van der Waals surface area contributed by atoms with Crippen LogP contribution in [-0.2, 0) is 13.0 Å². The van der Waals surface area contributed by atoms with E-state index in [1.54, 1.807) is 12.1 Å². The highest BCUT2D eigenvalue weighted by molar-refractivity contribution is 6.35. The van der Waals surface area contributed by atoms with Crippen LogP contribution in [0.25, 0.3) is 0 Å². The smallest absolute Gasteiger partial charge is 0.408 e. The number of hydrazine groups is 1. The van der Waals surface area contributed by atoms with Gasteiger partial charge < -0.3 is 4.74 Å². The van der Waals surface area contributed by atoms with E-state index in [-0.39, 0.29) is 5.75 Å². The summed E-state index contributed by atoms with van der Waals surface area (Å²) in [5.41, 5.74) is 5.25. The number of hydrogen-bond donors (Lipinski definition) is 1. The van der Waals surface area contributed by atoms with Crippen LogP contribution < -0.4 is 10.2 Å². The Morgan fingerprint density at radius 1 is 1.14 bits per heavy atom. The van der Waals surface area contributed by atoms with Crippen LogP contribution in [0.4, 0.5) is 4.79 Å². The topological polar surface area (TPSA) is 41.6 Å². The third kappa shape index (κ3) is 3.53. The molecule has 1 heterocycles. The number of rotatable bonds is 2. The summed E-state index contributed by atoms with van der Waals surface area (Å²) >= 11 is 11.8. The van der Waals surface area contributed by atoms with Crippen LogP contribution in [0.15, 0.2) is 42.5 Å². The summed E-state index contributed by atoms with van der Waals surface area (Å²) in [6.45, 7) is 1.39. The number of carbonyl (C=O) groups excluding carboxylic acids is 1. The zero-order valence-electron chi connectivity index (χ0n) is 11.7. The van der Waals surface area contributed by atoms with Gasteiger partial charge in [0.2, 0.25) is 0 Å². The Morgan fingerprint density at radius 3 is 2.68 bits per heavy atom. The molecular weight excluding hydrogens is 323 g/mol. The number of nitrogens with zero attached hydrogens (tertiary/aromatic N) is 1. The monoisotopic (exact) mass is 336 g/mol. The summed E-state index contributed by atoms with van der Waals surface area (Å²) in [5.74, 6) is 0.279. The molecule has 0 aromatic heterocycles. The summed E-state index contributed by atoms with van der Waals surface area (Å²) < 4.78 is 5.21. The van der Waals surface area contributed by atoms with E-state index in [4.69, 9.17) is 27.9 Å². The molecule has 0 aliphatic carbocycles. The van der Waals surface area contributed by atoms with Crippen molar-refractivity contribution in [1.82, 2.24) is 10.4 Å². The lowest BCUT2D eigenvalue weighted by Crippen LogP contribution is -2.46. The first-order valence-corrected chi connectivity index (χ1v) is 7.62. The van der Waals surface area contributed by atoms with Gasteiger partial charge in [-0.1, -0.05) is 47.5 Å². The maximum absolute atomic E-state index is 12.0. The number of benzene rings is 2. The van der Waals surface area contributed by atoms with E-state index in [0.717, 1.165) is 13.0 Å². The van der Waals surface area contributed by atoms with Crippen molar-refractivity contribution in [2.75, 3.05) is 6.54 Å². The number of carbonyl (C=O) groups is 1. The van der Waals surface area contributed by atoms with Crippen molar-refractivity contribution in [3.05, 3.63) is 63.6 Å². The van der Waals surface area contributed by atoms with Gasteiger partial charge in [-0.2, -0.15) is 0 Å². The van der Waals surface area contributed by atoms with Crippen LogP contribution in [0.1, 0.15) is 11.1 Å². The van der Waals surface area contributed by atoms with Gasteiger partial charge in [-0.15, -0.1) is 0 Å². The van der Waals surface area contributed by atoms with Gasteiger partial charge in [0.1, 0.15) is 0 Å². The number of amides is 1. The SMILES string of the molecule is O=C(NN1CCc2ccccc2C1)Oc1ccc(Cl)cc1Cl. The predicted molar refractivity (Wildman–Crippen MR) is 86.2 cm³/mol. The molecule has 0 atom stereocenters. The zero-order valence-corrected chi connectivity index (χ0v) is 13.2. The number of halogens is 2. The Labute approximate surface area is 138 Å². The van der Waals surface area contributed by atoms with Crippen molar-refractivity contribution in [1.29, 1.82) is 0 Å². The molecule has 2 aromatic rings. The van der Waals surface area contributed by atoms with Crippen LogP contribution in [0.5, 0.6) is 5.75 Å². The molecule has 114 valence electrons. The molecule has 4 nitrogen and oxygen atoms in total. The fourth-order valence-electron chi connectivity index (χ4n) is 2.40. The molecule has 1 aliphatic rings. The van der Waals surface area contributed by atoms with E-state index < -0.39 is 6.09 Å². The normalized spacial score (nSPS) is 14.3. The van der Waals surface area contributed by atoms with Gasteiger partial charge in [0.25, 0.3) is 0 Å². The van der Waals surface area contributed by atoms with Crippen molar-refractivity contribution in [3.63, 3.8) is 0 Å². The quantitative estimate of drug-likeness (QED) is 0.899. The third-order valence-electron chi connectivity index (χ3n) is 3.48. The van der Waals surface area contributed by atoms with Crippen LogP contribution >= 0.6 is 23.2 Å². The molecule has 1 N–H and O–H groups in total. The first kappa shape index (κ1) is 15.2. The minimum atomic E-state index is -0.566. The van der Waals surface area contributed by atoms with E-state index >= 15 is 0 Å². The fourth-order valence-corrected chi connectivity index (χ4v) is 2.85. The van der Waals surface area contributed by atoms with Gasteiger partial charge >= 0.3 is 6.09 Å². The van der Waals surface area contributed by atoms with Crippen LogP contribution in [-0.4, -0.2) is 17.6 Å². The minimum absolute atomic E-state index is 0.279. The Hall–Kier alpha value is -1.75. The zero-order chi connectivity index (χ0) is 15.5. The molecule has 1 amide bonds.